The minimum absolute atomic E-state index is 0.261. The van der Waals surface area contributed by atoms with E-state index >= 15 is 0 Å². The number of aromatic nitrogens is 2. The van der Waals surface area contributed by atoms with E-state index in [9.17, 15) is 0 Å². The second kappa shape index (κ2) is 8.68. The molecule has 24 heavy (non-hydrogen) atoms. The first-order chi connectivity index (χ1) is 11.7. The molecule has 0 atom stereocenters. The number of halogens is 1. The molecule has 1 aliphatic rings. The molecule has 0 aliphatic carbocycles. The predicted octanol–water partition coefficient (Wildman–Crippen LogP) is 5.76. The molecule has 2 aromatic rings. The second-order valence-electron chi connectivity index (χ2n) is 6.48. The van der Waals surface area contributed by atoms with Crippen LogP contribution >= 0.6 is 35.1 Å². The van der Waals surface area contributed by atoms with Crippen molar-refractivity contribution in [2.24, 2.45) is 5.92 Å². The van der Waals surface area contributed by atoms with Crippen molar-refractivity contribution in [3.63, 3.8) is 0 Å². The topological polar surface area (TPSA) is 17.8 Å². The molecule has 0 saturated carbocycles. The molecule has 2 nitrogen and oxygen atoms in total. The van der Waals surface area contributed by atoms with E-state index in [0.717, 1.165) is 23.9 Å². The van der Waals surface area contributed by atoms with Gasteiger partial charge in [-0.2, -0.15) is 0 Å². The van der Waals surface area contributed by atoms with Gasteiger partial charge in [0.15, 0.2) is 0 Å². The number of hydrogen-bond donors (Lipinski definition) is 0. The van der Waals surface area contributed by atoms with Crippen LogP contribution in [0.15, 0.2) is 43.0 Å². The summed E-state index contributed by atoms with van der Waals surface area (Å²) in [7, 11) is 0. The number of rotatable bonds is 7. The fraction of sp³-hybridized carbons (Fsp3) is 0.526. The van der Waals surface area contributed by atoms with Crippen LogP contribution in [0, 0.1) is 5.92 Å². The largest absolute Gasteiger partial charge is 0.337 e. The number of aryl methyl sites for hydroxylation is 1. The Hall–Kier alpha value is -0.580. The maximum Gasteiger partial charge on any atom is 0.0945 e. The van der Waals surface area contributed by atoms with E-state index < -0.39 is 0 Å². The Kier molecular flexibility index (Phi) is 6.59. The first-order valence-corrected chi connectivity index (χ1v) is 11.0. The molecule has 0 amide bonds. The molecule has 2 heterocycles. The maximum atomic E-state index is 6.45. The fourth-order valence-electron chi connectivity index (χ4n) is 3.08. The van der Waals surface area contributed by atoms with Crippen molar-refractivity contribution in [3.05, 3.63) is 53.6 Å². The Balaban J connectivity index is 1.67. The van der Waals surface area contributed by atoms with Gasteiger partial charge in [-0.25, -0.2) is 4.98 Å². The highest BCUT2D eigenvalue weighted by atomic mass is 35.5. The first kappa shape index (κ1) is 18.2. The smallest absolute Gasteiger partial charge is 0.0945 e. The Labute approximate surface area is 158 Å². The van der Waals surface area contributed by atoms with Gasteiger partial charge in [-0.3, -0.25) is 0 Å². The number of imidazole rings is 1. The van der Waals surface area contributed by atoms with E-state index in [0.29, 0.717) is 0 Å². The van der Waals surface area contributed by atoms with Gasteiger partial charge in [-0.15, -0.1) is 23.5 Å². The zero-order valence-corrected chi connectivity index (χ0v) is 16.5. The zero-order chi connectivity index (χ0) is 16.8. The Morgan fingerprint density at radius 2 is 2.08 bits per heavy atom. The SMILES string of the molecule is CCC1CSC(CCCn2ccnc2)(Cc2ccccc2Cl)SC1. The summed E-state index contributed by atoms with van der Waals surface area (Å²) in [6.45, 7) is 3.36. The van der Waals surface area contributed by atoms with E-state index in [-0.39, 0.29) is 4.08 Å². The fourth-order valence-corrected chi connectivity index (χ4v) is 7.05. The van der Waals surface area contributed by atoms with Gasteiger partial charge < -0.3 is 4.57 Å². The van der Waals surface area contributed by atoms with Gasteiger partial charge in [0.1, 0.15) is 0 Å². The van der Waals surface area contributed by atoms with Crippen molar-refractivity contribution in [1.29, 1.82) is 0 Å². The van der Waals surface area contributed by atoms with Crippen LogP contribution in [0.25, 0.3) is 0 Å². The Bertz CT molecular complexity index is 622. The molecule has 3 rings (SSSR count). The predicted molar refractivity (Wildman–Crippen MR) is 108 cm³/mol. The van der Waals surface area contributed by atoms with Crippen molar-refractivity contribution >= 4 is 35.1 Å². The van der Waals surface area contributed by atoms with Gasteiger partial charge in [0.25, 0.3) is 0 Å². The molecular formula is C19H25ClN2S2. The molecule has 130 valence electrons. The summed E-state index contributed by atoms with van der Waals surface area (Å²) in [6, 6.07) is 8.33. The lowest BCUT2D eigenvalue weighted by molar-refractivity contribution is 0.564. The number of thioether (sulfide) groups is 2. The first-order valence-electron chi connectivity index (χ1n) is 8.68. The second-order valence-corrected chi connectivity index (χ2v) is 9.95. The minimum atomic E-state index is 0.261. The van der Waals surface area contributed by atoms with E-state index in [2.05, 4.69) is 58.3 Å². The number of hydrogen-bond acceptors (Lipinski definition) is 3. The summed E-state index contributed by atoms with van der Waals surface area (Å²) >= 11 is 10.8. The van der Waals surface area contributed by atoms with E-state index in [4.69, 9.17) is 11.6 Å². The monoisotopic (exact) mass is 380 g/mol. The highest BCUT2D eigenvalue weighted by molar-refractivity contribution is 8.18. The van der Waals surface area contributed by atoms with E-state index in [1.165, 1.54) is 36.3 Å². The summed E-state index contributed by atoms with van der Waals surface area (Å²) in [4.78, 5) is 4.14. The van der Waals surface area contributed by atoms with Gasteiger partial charge in [-0.05, 0) is 48.3 Å². The number of nitrogens with zero attached hydrogens (tertiary/aromatic N) is 2. The van der Waals surface area contributed by atoms with Crippen LogP contribution in [0.1, 0.15) is 31.7 Å². The molecule has 1 aromatic carbocycles. The molecule has 0 spiro atoms. The molecule has 1 aliphatic heterocycles. The third-order valence-electron chi connectivity index (χ3n) is 4.69. The molecule has 5 heteroatoms. The summed E-state index contributed by atoms with van der Waals surface area (Å²) in [5.41, 5.74) is 1.29. The van der Waals surface area contributed by atoms with Crippen LogP contribution in [0.3, 0.4) is 0 Å². The van der Waals surface area contributed by atoms with Gasteiger partial charge >= 0.3 is 0 Å². The van der Waals surface area contributed by atoms with Crippen LogP contribution in [0.2, 0.25) is 5.02 Å². The van der Waals surface area contributed by atoms with Crippen molar-refractivity contribution in [2.45, 2.75) is 43.2 Å². The molecule has 1 saturated heterocycles. The van der Waals surface area contributed by atoms with Gasteiger partial charge in [0.2, 0.25) is 0 Å². The average Bonchev–Trinajstić information content (AvgIpc) is 3.11. The van der Waals surface area contributed by atoms with Gasteiger partial charge in [0, 0.05) is 24.0 Å². The summed E-state index contributed by atoms with van der Waals surface area (Å²) in [5.74, 6) is 3.41. The normalized spacial score (nSPS) is 24.2. The van der Waals surface area contributed by atoms with Crippen LogP contribution in [0.5, 0.6) is 0 Å². The molecule has 1 aromatic heterocycles. The summed E-state index contributed by atoms with van der Waals surface area (Å²) < 4.78 is 2.44. The van der Waals surface area contributed by atoms with Crippen LogP contribution in [-0.2, 0) is 13.0 Å². The quantitative estimate of drug-likeness (QED) is 0.607. The number of benzene rings is 1. The lowest BCUT2D eigenvalue weighted by Gasteiger charge is -2.39. The van der Waals surface area contributed by atoms with Crippen LogP contribution < -0.4 is 0 Å². The summed E-state index contributed by atoms with van der Waals surface area (Å²) in [5, 5.41) is 0.908. The van der Waals surface area contributed by atoms with Gasteiger partial charge in [-0.1, -0.05) is 43.1 Å². The standard InChI is InChI=1S/C19H25ClN2S2/c1-2-16-13-23-19(24-14-16,8-5-10-22-11-9-21-15-22)12-17-6-3-4-7-18(17)20/h3-4,6-7,9,11,15-16H,2,5,8,10,12-14H2,1H3. The highest BCUT2D eigenvalue weighted by Crippen LogP contribution is 2.50. The van der Waals surface area contributed by atoms with Crippen molar-refractivity contribution in [1.82, 2.24) is 9.55 Å². The van der Waals surface area contributed by atoms with Crippen LogP contribution in [-0.4, -0.2) is 25.1 Å². The molecule has 1 fully saturated rings. The van der Waals surface area contributed by atoms with Crippen LogP contribution in [0.4, 0.5) is 0 Å². The minimum Gasteiger partial charge on any atom is -0.337 e. The van der Waals surface area contributed by atoms with E-state index in [1.807, 2.05) is 24.7 Å². The highest BCUT2D eigenvalue weighted by Gasteiger charge is 2.36. The molecule has 0 N–H and O–H groups in total. The van der Waals surface area contributed by atoms with Crippen molar-refractivity contribution in [2.75, 3.05) is 11.5 Å². The Morgan fingerprint density at radius 3 is 2.75 bits per heavy atom. The maximum absolute atomic E-state index is 6.45. The lowest BCUT2D eigenvalue weighted by Crippen LogP contribution is -2.32. The molecule has 0 unspecified atom stereocenters. The average molecular weight is 381 g/mol. The molecule has 0 bridgehead atoms. The van der Waals surface area contributed by atoms with Gasteiger partial charge in [0.05, 0.1) is 10.4 Å². The van der Waals surface area contributed by atoms with Crippen molar-refractivity contribution < 1.29 is 0 Å². The molecule has 0 radical (unpaired) electrons. The lowest BCUT2D eigenvalue weighted by atomic mass is 10.1. The Morgan fingerprint density at radius 1 is 1.29 bits per heavy atom. The summed E-state index contributed by atoms with van der Waals surface area (Å²) in [6.07, 6.45) is 10.6. The van der Waals surface area contributed by atoms with E-state index in [1.54, 1.807) is 0 Å². The van der Waals surface area contributed by atoms with Crippen molar-refractivity contribution in [3.8, 4) is 0 Å². The molecular weight excluding hydrogens is 356 g/mol. The zero-order valence-electron chi connectivity index (χ0n) is 14.2. The third-order valence-corrected chi connectivity index (χ3v) is 8.79. The third kappa shape index (κ3) is 4.74.